The van der Waals surface area contributed by atoms with Crippen LogP contribution >= 0.6 is 0 Å². The number of unbranched alkanes of at least 4 members (excludes halogenated alkanes) is 1. The van der Waals surface area contributed by atoms with Crippen molar-refractivity contribution in [3.63, 3.8) is 0 Å². The van der Waals surface area contributed by atoms with Crippen molar-refractivity contribution in [2.75, 3.05) is 25.0 Å². The van der Waals surface area contributed by atoms with Gasteiger partial charge in [-0.3, -0.25) is 14.5 Å². The highest BCUT2D eigenvalue weighted by Gasteiger charge is 2.21. The Kier molecular flexibility index (Phi) is 9.17. The smallest absolute Gasteiger partial charge is 0.302 e. The Morgan fingerprint density at radius 1 is 0.878 bits per heavy atom. The van der Waals surface area contributed by atoms with Crippen molar-refractivity contribution >= 4 is 32.6 Å². The van der Waals surface area contributed by atoms with Gasteiger partial charge in [-0.2, -0.15) is 0 Å². The molecule has 0 amide bonds. The van der Waals surface area contributed by atoms with Crippen molar-refractivity contribution in [1.82, 2.24) is 4.98 Å². The van der Waals surface area contributed by atoms with Crippen molar-refractivity contribution < 1.29 is 45.3 Å². The maximum Gasteiger partial charge on any atom is 0.302 e. The number of nitrogens with zero attached hydrogens (tertiary/aromatic N) is 1. The predicted octanol–water partition coefficient (Wildman–Crippen LogP) is 5.98. The summed E-state index contributed by atoms with van der Waals surface area (Å²) >= 11 is 0. The summed E-state index contributed by atoms with van der Waals surface area (Å²) in [6.07, 6.45) is 2.72. The first-order valence-corrected chi connectivity index (χ1v) is 13.7. The van der Waals surface area contributed by atoms with E-state index in [4.69, 9.17) is 18.9 Å². The summed E-state index contributed by atoms with van der Waals surface area (Å²) in [6.45, 7) is 1.98. The number of sulfonamides is 1. The summed E-state index contributed by atoms with van der Waals surface area (Å²) in [4.78, 5) is 14.2. The molecule has 0 aliphatic heterocycles. The van der Waals surface area contributed by atoms with Gasteiger partial charge in [0.25, 0.3) is 10.0 Å². The minimum atomic E-state index is -4.54. The monoisotopic (exact) mass is 590 g/mol. The van der Waals surface area contributed by atoms with E-state index < -0.39 is 32.4 Å². The molecular weight excluding hydrogens is 565 g/mol. The van der Waals surface area contributed by atoms with Crippen molar-refractivity contribution in [3.05, 3.63) is 78.2 Å². The van der Waals surface area contributed by atoms with E-state index in [2.05, 4.69) is 4.98 Å². The van der Waals surface area contributed by atoms with Gasteiger partial charge in [-0.1, -0.05) is 0 Å². The van der Waals surface area contributed by atoms with Gasteiger partial charge in [-0.05, 0) is 55.3 Å². The molecule has 0 unspecified atom stereocenters. The molecule has 0 saturated heterocycles. The molecule has 41 heavy (non-hydrogen) atoms. The molecule has 1 aromatic heterocycles. The third-order valence-electron chi connectivity index (χ3n) is 5.68. The second kappa shape index (κ2) is 12.8. The topological polar surface area (TPSA) is 113 Å². The zero-order chi connectivity index (χ0) is 29.6. The molecule has 0 radical (unpaired) electrons. The number of methoxy groups -OCH3 is 1. The molecule has 9 nitrogen and oxygen atoms in total. The van der Waals surface area contributed by atoms with Gasteiger partial charge in [0.15, 0.2) is 23.1 Å². The fraction of sp³-hybridized carbons (Fsp3) is 0.214. The number of nitrogens with one attached hydrogen (secondary N) is 1. The van der Waals surface area contributed by atoms with Gasteiger partial charge in [0.1, 0.15) is 22.3 Å². The van der Waals surface area contributed by atoms with Crippen LogP contribution in [0.5, 0.6) is 23.0 Å². The van der Waals surface area contributed by atoms with Crippen LogP contribution in [0.3, 0.4) is 0 Å². The van der Waals surface area contributed by atoms with Crippen LogP contribution in [-0.2, 0) is 19.6 Å². The Hall–Kier alpha value is -4.52. The number of carbonyl (C=O) groups is 1. The highest BCUT2D eigenvalue weighted by Crippen LogP contribution is 2.38. The van der Waals surface area contributed by atoms with Crippen LogP contribution < -0.4 is 18.9 Å². The lowest BCUT2D eigenvalue weighted by Gasteiger charge is -2.15. The Bertz CT molecular complexity index is 1680. The zero-order valence-corrected chi connectivity index (χ0v) is 22.8. The van der Waals surface area contributed by atoms with Gasteiger partial charge in [-0.25, -0.2) is 21.6 Å². The number of fused-ring (bicyclic) bond motifs is 1. The number of benzene rings is 3. The molecule has 1 heterocycles. The minimum absolute atomic E-state index is 0.227. The highest BCUT2D eigenvalue weighted by atomic mass is 32.2. The number of aromatic nitrogens is 1. The second-order valence-electron chi connectivity index (χ2n) is 8.65. The largest absolute Gasteiger partial charge is 0.493 e. The molecule has 0 saturated carbocycles. The maximum atomic E-state index is 15.0. The quantitative estimate of drug-likeness (QED) is 0.159. The van der Waals surface area contributed by atoms with E-state index in [0.717, 1.165) is 12.1 Å². The van der Waals surface area contributed by atoms with E-state index in [1.807, 2.05) is 4.72 Å². The Morgan fingerprint density at radius 2 is 1.66 bits per heavy atom. The van der Waals surface area contributed by atoms with E-state index in [1.54, 1.807) is 12.1 Å². The number of halogens is 3. The first-order valence-electron chi connectivity index (χ1n) is 12.3. The fourth-order valence-electron chi connectivity index (χ4n) is 3.75. The molecule has 4 rings (SSSR count). The van der Waals surface area contributed by atoms with E-state index in [9.17, 15) is 26.4 Å². The fourth-order valence-corrected chi connectivity index (χ4v) is 4.89. The third-order valence-corrected chi connectivity index (χ3v) is 7.07. The van der Waals surface area contributed by atoms with Crippen molar-refractivity contribution in [3.8, 4) is 23.0 Å². The molecule has 216 valence electrons. The summed E-state index contributed by atoms with van der Waals surface area (Å²) in [5.74, 6) is -2.57. The molecule has 0 fully saturated rings. The summed E-state index contributed by atoms with van der Waals surface area (Å²) < 4.78 is 91.4. The van der Waals surface area contributed by atoms with Crippen molar-refractivity contribution in [1.29, 1.82) is 0 Å². The normalized spacial score (nSPS) is 11.2. The van der Waals surface area contributed by atoms with Gasteiger partial charge in [-0.15, -0.1) is 0 Å². The molecule has 0 spiro atoms. The highest BCUT2D eigenvalue weighted by molar-refractivity contribution is 7.92. The molecule has 0 bridgehead atoms. The Morgan fingerprint density at radius 3 is 2.39 bits per heavy atom. The third kappa shape index (κ3) is 7.37. The van der Waals surface area contributed by atoms with Crippen LogP contribution in [0.25, 0.3) is 10.9 Å². The second-order valence-corrected chi connectivity index (χ2v) is 10.3. The molecule has 3 aromatic carbocycles. The summed E-state index contributed by atoms with van der Waals surface area (Å²) in [6, 6.07) is 10.0. The molecule has 0 atom stereocenters. The first kappa shape index (κ1) is 29.5. The van der Waals surface area contributed by atoms with Gasteiger partial charge >= 0.3 is 5.97 Å². The van der Waals surface area contributed by atoms with E-state index in [-0.39, 0.29) is 23.2 Å². The molecule has 4 aromatic rings. The standard InChI is InChI=1S/C28H25F3N2O7S/c1-17(34)38-11-3-4-12-39-27-16-23-20(15-26(27)37-2)24(9-10-32-23)40-25-8-6-19(14-22(25)31)33-41(35,36)28-13-18(29)5-7-21(28)30/h5-10,13-16,33H,3-4,11-12H2,1-2H3. The number of pyridine rings is 1. The number of esters is 1. The van der Waals surface area contributed by atoms with Gasteiger partial charge in [0.2, 0.25) is 0 Å². The lowest BCUT2D eigenvalue weighted by Crippen LogP contribution is -2.15. The predicted molar refractivity (Wildman–Crippen MR) is 143 cm³/mol. The van der Waals surface area contributed by atoms with Gasteiger partial charge in [0.05, 0.1) is 31.5 Å². The Balaban J connectivity index is 1.50. The van der Waals surface area contributed by atoms with Crippen LogP contribution in [0.15, 0.2) is 65.7 Å². The molecule has 1 N–H and O–H groups in total. The average Bonchev–Trinajstić information content (AvgIpc) is 2.92. The Labute approximate surface area is 233 Å². The number of rotatable bonds is 12. The van der Waals surface area contributed by atoms with Crippen molar-refractivity contribution in [2.24, 2.45) is 0 Å². The molecule has 0 aliphatic carbocycles. The van der Waals surface area contributed by atoms with E-state index in [1.165, 1.54) is 38.4 Å². The molecule has 0 aliphatic rings. The number of ether oxygens (including phenoxy) is 4. The van der Waals surface area contributed by atoms with Gasteiger partial charge in [0, 0.05) is 30.6 Å². The van der Waals surface area contributed by atoms with Crippen LogP contribution in [0.1, 0.15) is 19.8 Å². The first-order chi connectivity index (χ1) is 19.6. The number of carbonyl (C=O) groups excluding carboxylic acids is 1. The maximum absolute atomic E-state index is 15.0. The van der Waals surface area contributed by atoms with Gasteiger partial charge < -0.3 is 18.9 Å². The number of hydrogen-bond donors (Lipinski definition) is 1. The lowest BCUT2D eigenvalue weighted by molar-refractivity contribution is -0.141. The molecular formula is C28H25F3N2O7S. The summed E-state index contributed by atoms with van der Waals surface area (Å²) in [5, 5.41) is 0.484. The number of anilines is 1. The minimum Gasteiger partial charge on any atom is -0.493 e. The van der Waals surface area contributed by atoms with E-state index >= 15 is 0 Å². The SMILES string of the molecule is COc1cc2c(Oc3ccc(NS(=O)(=O)c4cc(F)ccc4F)cc3F)ccnc2cc1OCCCCOC(C)=O. The summed E-state index contributed by atoms with van der Waals surface area (Å²) in [5.41, 5.74) is 0.245. The van der Waals surface area contributed by atoms with Crippen molar-refractivity contribution in [2.45, 2.75) is 24.7 Å². The van der Waals surface area contributed by atoms with Crippen LogP contribution in [0.2, 0.25) is 0 Å². The van der Waals surface area contributed by atoms with Crippen LogP contribution in [-0.4, -0.2) is 39.7 Å². The lowest BCUT2D eigenvalue weighted by atomic mass is 10.1. The zero-order valence-electron chi connectivity index (χ0n) is 21.9. The number of hydrogen-bond acceptors (Lipinski definition) is 8. The van der Waals surface area contributed by atoms with Crippen LogP contribution in [0, 0.1) is 17.5 Å². The average molecular weight is 591 g/mol. The van der Waals surface area contributed by atoms with E-state index in [0.29, 0.717) is 60.6 Å². The van der Waals surface area contributed by atoms with Crippen LogP contribution in [0.4, 0.5) is 18.9 Å². The molecule has 13 heteroatoms. The summed E-state index contributed by atoms with van der Waals surface area (Å²) in [7, 11) is -3.08.